The Kier molecular flexibility index (Phi) is 11.1. The minimum atomic E-state index is -0.429. The summed E-state index contributed by atoms with van der Waals surface area (Å²) in [6.45, 7) is 6.63. The molecule has 0 amide bonds. The maximum Gasteiger partial charge on any atom is 0.0897 e. The zero-order valence-corrected chi connectivity index (χ0v) is 10.7. The molecule has 5 heteroatoms. The van der Waals surface area contributed by atoms with Gasteiger partial charge in [0.2, 0.25) is 0 Å². The van der Waals surface area contributed by atoms with Crippen molar-refractivity contribution < 1.29 is 14.6 Å². The molecule has 0 bridgehead atoms. The highest BCUT2D eigenvalue weighted by molar-refractivity contribution is 4.57. The van der Waals surface area contributed by atoms with Crippen molar-refractivity contribution in [1.29, 1.82) is 0 Å². The van der Waals surface area contributed by atoms with Gasteiger partial charge < -0.3 is 24.8 Å². The summed E-state index contributed by atoms with van der Waals surface area (Å²) in [5, 5.41) is 12.5. The van der Waals surface area contributed by atoms with Gasteiger partial charge in [-0.05, 0) is 21.0 Å². The van der Waals surface area contributed by atoms with Crippen molar-refractivity contribution >= 4 is 0 Å². The second-order valence-corrected chi connectivity index (χ2v) is 3.93. The summed E-state index contributed by atoms with van der Waals surface area (Å²) in [4.78, 5) is 2.08. The van der Waals surface area contributed by atoms with E-state index in [1.165, 1.54) is 0 Å². The number of nitrogens with one attached hydrogen (secondary N) is 1. The molecule has 2 N–H and O–H groups in total. The zero-order chi connectivity index (χ0) is 12.2. The van der Waals surface area contributed by atoms with Crippen molar-refractivity contribution in [3.63, 3.8) is 0 Å². The van der Waals surface area contributed by atoms with Crippen LogP contribution in [-0.2, 0) is 9.47 Å². The van der Waals surface area contributed by atoms with E-state index >= 15 is 0 Å². The number of aliphatic hydroxyl groups is 1. The van der Waals surface area contributed by atoms with E-state index in [9.17, 15) is 5.11 Å². The van der Waals surface area contributed by atoms with E-state index in [0.717, 1.165) is 19.7 Å². The molecule has 0 aromatic rings. The normalized spacial score (nSPS) is 13.3. The first-order chi connectivity index (χ1) is 7.66. The summed E-state index contributed by atoms with van der Waals surface area (Å²) in [5.41, 5.74) is 0. The average Bonchev–Trinajstić information content (AvgIpc) is 2.24. The van der Waals surface area contributed by atoms with Crippen molar-refractivity contribution in [3.8, 4) is 0 Å². The summed E-state index contributed by atoms with van der Waals surface area (Å²) in [6.07, 6.45) is -0.429. The van der Waals surface area contributed by atoms with E-state index in [2.05, 4.69) is 10.2 Å². The van der Waals surface area contributed by atoms with Crippen LogP contribution in [0.4, 0.5) is 0 Å². The lowest BCUT2D eigenvalue weighted by Gasteiger charge is -2.12. The third-order valence-corrected chi connectivity index (χ3v) is 2.00. The molecule has 0 saturated carbocycles. The molecule has 0 aliphatic heterocycles. The molecule has 0 rings (SSSR count). The first kappa shape index (κ1) is 15.8. The van der Waals surface area contributed by atoms with Crippen LogP contribution in [0.25, 0.3) is 0 Å². The molecule has 1 unspecified atom stereocenters. The van der Waals surface area contributed by atoms with Gasteiger partial charge in [-0.15, -0.1) is 0 Å². The van der Waals surface area contributed by atoms with Crippen molar-refractivity contribution in [2.45, 2.75) is 13.0 Å². The van der Waals surface area contributed by atoms with Gasteiger partial charge in [0.05, 0.1) is 25.9 Å². The molecule has 1 atom stereocenters. The topological polar surface area (TPSA) is 54.0 Å². The third-order valence-electron chi connectivity index (χ3n) is 2.00. The standard InChI is InChI=1S/C11H26N2O3/c1-4-15-10-11(14)9-12-5-7-16-8-6-13(2)3/h11-12,14H,4-10H2,1-3H3. The average molecular weight is 234 g/mol. The molecule has 0 spiro atoms. The lowest BCUT2D eigenvalue weighted by atomic mass is 10.4. The molecule has 98 valence electrons. The Morgan fingerprint density at radius 3 is 2.62 bits per heavy atom. The number of nitrogens with zero attached hydrogens (tertiary/aromatic N) is 1. The number of hydrogen-bond acceptors (Lipinski definition) is 5. The summed E-state index contributed by atoms with van der Waals surface area (Å²) in [7, 11) is 4.04. The van der Waals surface area contributed by atoms with E-state index in [1.54, 1.807) is 0 Å². The van der Waals surface area contributed by atoms with Gasteiger partial charge in [-0.3, -0.25) is 0 Å². The Bertz CT molecular complexity index is 145. The summed E-state index contributed by atoms with van der Waals surface area (Å²) in [5.74, 6) is 0. The van der Waals surface area contributed by atoms with Gasteiger partial charge in [-0.1, -0.05) is 0 Å². The lowest BCUT2D eigenvalue weighted by molar-refractivity contribution is 0.0412. The van der Waals surface area contributed by atoms with Gasteiger partial charge in [0.25, 0.3) is 0 Å². The fourth-order valence-corrected chi connectivity index (χ4v) is 1.08. The van der Waals surface area contributed by atoms with Gasteiger partial charge in [-0.2, -0.15) is 0 Å². The molecule has 0 saturated heterocycles. The third kappa shape index (κ3) is 11.9. The van der Waals surface area contributed by atoms with Crippen LogP contribution >= 0.6 is 0 Å². The Balaban J connectivity index is 3.08. The molecule has 0 heterocycles. The maximum atomic E-state index is 9.42. The Labute approximate surface area is 98.7 Å². The Morgan fingerprint density at radius 2 is 2.00 bits per heavy atom. The highest BCUT2D eigenvalue weighted by Gasteiger charge is 2.02. The van der Waals surface area contributed by atoms with Crippen molar-refractivity contribution in [3.05, 3.63) is 0 Å². The van der Waals surface area contributed by atoms with E-state index < -0.39 is 6.10 Å². The fourth-order valence-electron chi connectivity index (χ4n) is 1.08. The molecule has 0 aliphatic rings. The van der Waals surface area contributed by atoms with E-state index in [1.807, 2.05) is 21.0 Å². The van der Waals surface area contributed by atoms with Crippen molar-refractivity contribution in [1.82, 2.24) is 10.2 Å². The number of ether oxygens (including phenoxy) is 2. The minimum absolute atomic E-state index is 0.394. The van der Waals surface area contributed by atoms with Crippen LogP contribution in [-0.4, -0.2) is 76.3 Å². The van der Waals surface area contributed by atoms with Crippen LogP contribution in [0.5, 0.6) is 0 Å². The Morgan fingerprint density at radius 1 is 1.25 bits per heavy atom. The van der Waals surface area contributed by atoms with E-state index in [4.69, 9.17) is 9.47 Å². The van der Waals surface area contributed by atoms with Gasteiger partial charge in [0, 0.05) is 26.2 Å². The van der Waals surface area contributed by atoms with Crippen LogP contribution in [0.2, 0.25) is 0 Å². The predicted octanol–water partition coefficient (Wildman–Crippen LogP) is -0.448. The number of rotatable bonds is 11. The van der Waals surface area contributed by atoms with Crippen molar-refractivity contribution in [2.75, 3.05) is 60.2 Å². The predicted molar refractivity (Wildman–Crippen MR) is 64.7 cm³/mol. The number of hydrogen-bond donors (Lipinski definition) is 2. The molecule has 0 aliphatic carbocycles. The highest BCUT2D eigenvalue weighted by atomic mass is 16.5. The SMILES string of the molecule is CCOCC(O)CNCCOCCN(C)C. The molecule has 0 aromatic carbocycles. The fraction of sp³-hybridized carbons (Fsp3) is 1.00. The summed E-state index contributed by atoms with van der Waals surface area (Å²) >= 11 is 0. The molecular formula is C11H26N2O3. The molecular weight excluding hydrogens is 208 g/mol. The van der Waals surface area contributed by atoms with E-state index in [-0.39, 0.29) is 0 Å². The van der Waals surface area contributed by atoms with Gasteiger partial charge in [0.1, 0.15) is 0 Å². The van der Waals surface area contributed by atoms with Crippen molar-refractivity contribution in [2.24, 2.45) is 0 Å². The van der Waals surface area contributed by atoms with Crippen LogP contribution in [0.1, 0.15) is 6.92 Å². The van der Waals surface area contributed by atoms with Gasteiger partial charge >= 0.3 is 0 Å². The molecule has 0 fully saturated rings. The first-order valence-electron chi connectivity index (χ1n) is 5.85. The van der Waals surface area contributed by atoms with Crippen LogP contribution in [0, 0.1) is 0 Å². The maximum absolute atomic E-state index is 9.42. The quantitative estimate of drug-likeness (QED) is 0.474. The molecule has 16 heavy (non-hydrogen) atoms. The lowest BCUT2D eigenvalue weighted by Crippen LogP contribution is -2.32. The van der Waals surface area contributed by atoms with Gasteiger partial charge in [-0.25, -0.2) is 0 Å². The summed E-state index contributed by atoms with van der Waals surface area (Å²) < 4.78 is 10.5. The zero-order valence-electron chi connectivity index (χ0n) is 10.7. The second-order valence-electron chi connectivity index (χ2n) is 3.93. The van der Waals surface area contributed by atoms with Gasteiger partial charge in [0.15, 0.2) is 0 Å². The number of likely N-dealkylation sites (N-methyl/N-ethyl adjacent to an activating group) is 1. The smallest absolute Gasteiger partial charge is 0.0897 e. The highest BCUT2D eigenvalue weighted by Crippen LogP contribution is 1.83. The number of aliphatic hydroxyl groups excluding tert-OH is 1. The van der Waals surface area contributed by atoms with Crippen LogP contribution < -0.4 is 5.32 Å². The second kappa shape index (κ2) is 11.3. The minimum Gasteiger partial charge on any atom is -0.389 e. The molecule has 5 nitrogen and oxygen atoms in total. The monoisotopic (exact) mass is 234 g/mol. The first-order valence-corrected chi connectivity index (χ1v) is 5.85. The van der Waals surface area contributed by atoms with Crippen LogP contribution in [0.15, 0.2) is 0 Å². The van der Waals surface area contributed by atoms with E-state index in [0.29, 0.717) is 26.4 Å². The summed E-state index contributed by atoms with van der Waals surface area (Å²) in [6, 6.07) is 0. The largest absolute Gasteiger partial charge is 0.389 e. The molecule has 0 aromatic heterocycles. The van der Waals surface area contributed by atoms with Crippen LogP contribution in [0.3, 0.4) is 0 Å². The Hall–Kier alpha value is -0.200. The molecule has 0 radical (unpaired) electrons.